The van der Waals surface area contributed by atoms with Crippen LogP contribution in [0.4, 0.5) is 10.1 Å². The van der Waals surface area contributed by atoms with Crippen LogP contribution in [0.3, 0.4) is 0 Å². The van der Waals surface area contributed by atoms with E-state index in [0.717, 1.165) is 37.2 Å². The number of hydrogen-bond donors (Lipinski definition) is 0. The van der Waals surface area contributed by atoms with Crippen molar-refractivity contribution in [1.29, 1.82) is 0 Å². The number of halogens is 2. The van der Waals surface area contributed by atoms with Gasteiger partial charge in [-0.15, -0.1) is 0 Å². The lowest BCUT2D eigenvalue weighted by Crippen LogP contribution is -2.20. The average molecular weight is 377 g/mol. The standard InChI is InChI=1S/C18H18ClFN4O2/c1-12-21-16(17(24(25)26)18(19)22-12)11-15(23-8-2-3-9-23)10-13-4-6-14(20)7-5-13/h4-7,11H,2-3,8-10H2,1H3/b15-11-. The largest absolute Gasteiger partial charge is 0.374 e. The fourth-order valence-corrected chi connectivity index (χ4v) is 3.34. The van der Waals surface area contributed by atoms with Crippen molar-refractivity contribution in [2.45, 2.75) is 26.2 Å². The van der Waals surface area contributed by atoms with Gasteiger partial charge in [-0.05, 0) is 43.5 Å². The maximum atomic E-state index is 13.2. The average Bonchev–Trinajstić information content (AvgIpc) is 3.09. The van der Waals surface area contributed by atoms with Crippen molar-refractivity contribution in [2.24, 2.45) is 0 Å². The molecule has 1 saturated heterocycles. The van der Waals surface area contributed by atoms with Gasteiger partial charge >= 0.3 is 5.69 Å². The molecule has 8 heteroatoms. The quantitative estimate of drug-likeness (QED) is 0.445. The van der Waals surface area contributed by atoms with E-state index in [0.29, 0.717) is 12.2 Å². The summed E-state index contributed by atoms with van der Waals surface area (Å²) in [5.74, 6) is 0.0729. The monoisotopic (exact) mass is 376 g/mol. The first-order valence-electron chi connectivity index (χ1n) is 8.32. The zero-order valence-corrected chi connectivity index (χ0v) is 15.0. The molecule has 0 atom stereocenters. The predicted molar refractivity (Wildman–Crippen MR) is 97.3 cm³/mol. The van der Waals surface area contributed by atoms with Crippen molar-refractivity contribution in [1.82, 2.24) is 14.9 Å². The maximum absolute atomic E-state index is 13.2. The minimum Gasteiger partial charge on any atom is -0.374 e. The van der Waals surface area contributed by atoms with Crippen molar-refractivity contribution in [2.75, 3.05) is 13.1 Å². The van der Waals surface area contributed by atoms with Crippen molar-refractivity contribution in [3.8, 4) is 0 Å². The highest BCUT2D eigenvalue weighted by atomic mass is 35.5. The second-order valence-electron chi connectivity index (χ2n) is 6.19. The Hall–Kier alpha value is -2.54. The summed E-state index contributed by atoms with van der Waals surface area (Å²) in [7, 11) is 0. The molecule has 1 aromatic heterocycles. The maximum Gasteiger partial charge on any atom is 0.331 e. The highest BCUT2D eigenvalue weighted by Crippen LogP contribution is 2.29. The molecule has 0 N–H and O–H groups in total. The molecule has 0 saturated carbocycles. The molecule has 2 aromatic rings. The van der Waals surface area contributed by atoms with Crippen LogP contribution in [0.1, 0.15) is 29.9 Å². The zero-order chi connectivity index (χ0) is 18.7. The van der Waals surface area contributed by atoms with Crippen molar-refractivity contribution < 1.29 is 9.31 Å². The van der Waals surface area contributed by atoms with Gasteiger partial charge in [-0.1, -0.05) is 23.7 Å². The van der Waals surface area contributed by atoms with Crippen LogP contribution in [0, 0.1) is 22.9 Å². The summed E-state index contributed by atoms with van der Waals surface area (Å²) in [5.41, 5.74) is 1.71. The van der Waals surface area contributed by atoms with Crippen LogP contribution in [0.2, 0.25) is 5.15 Å². The Morgan fingerprint density at radius 1 is 1.31 bits per heavy atom. The van der Waals surface area contributed by atoms with Crippen LogP contribution in [0.25, 0.3) is 6.08 Å². The van der Waals surface area contributed by atoms with E-state index >= 15 is 0 Å². The fraction of sp³-hybridized carbons (Fsp3) is 0.333. The van der Waals surface area contributed by atoms with E-state index in [1.165, 1.54) is 12.1 Å². The number of hydrogen-bond acceptors (Lipinski definition) is 5. The van der Waals surface area contributed by atoms with E-state index in [2.05, 4.69) is 14.9 Å². The number of aromatic nitrogens is 2. The number of likely N-dealkylation sites (tertiary alicyclic amines) is 1. The molecule has 1 aliphatic rings. The zero-order valence-electron chi connectivity index (χ0n) is 14.3. The molecule has 2 heterocycles. The minimum absolute atomic E-state index is 0.170. The number of aryl methyl sites for hydroxylation is 1. The van der Waals surface area contributed by atoms with Crippen LogP contribution in [-0.2, 0) is 6.42 Å². The Labute approximate surface area is 155 Å². The molecule has 136 valence electrons. The second-order valence-corrected chi connectivity index (χ2v) is 6.54. The number of benzene rings is 1. The van der Waals surface area contributed by atoms with Gasteiger partial charge in [0.2, 0.25) is 5.15 Å². The van der Waals surface area contributed by atoms with Gasteiger partial charge in [-0.25, -0.2) is 14.4 Å². The highest BCUT2D eigenvalue weighted by molar-refractivity contribution is 6.31. The molecular formula is C18H18ClFN4O2. The Bertz CT molecular complexity index is 849. The molecule has 1 aliphatic heterocycles. The van der Waals surface area contributed by atoms with E-state index in [9.17, 15) is 14.5 Å². The normalized spacial score (nSPS) is 14.7. The smallest absolute Gasteiger partial charge is 0.331 e. The summed E-state index contributed by atoms with van der Waals surface area (Å²) in [6.07, 6.45) is 4.35. The molecule has 0 aliphatic carbocycles. The minimum atomic E-state index is -0.562. The van der Waals surface area contributed by atoms with E-state index in [4.69, 9.17) is 11.6 Å². The van der Waals surface area contributed by atoms with Gasteiger partial charge in [0, 0.05) is 25.2 Å². The van der Waals surface area contributed by atoms with Crippen LogP contribution in [0.5, 0.6) is 0 Å². The lowest BCUT2D eigenvalue weighted by molar-refractivity contribution is -0.385. The number of nitro groups is 1. The molecule has 1 aromatic carbocycles. The van der Waals surface area contributed by atoms with Crippen LogP contribution < -0.4 is 0 Å². The lowest BCUT2D eigenvalue weighted by Gasteiger charge is -2.22. The van der Waals surface area contributed by atoms with Crippen molar-refractivity contribution >= 4 is 23.4 Å². The summed E-state index contributed by atoms with van der Waals surface area (Å²) in [4.78, 5) is 21.1. The first kappa shape index (κ1) is 18.3. The molecule has 0 bridgehead atoms. The SMILES string of the molecule is Cc1nc(Cl)c([N+](=O)[O-])c(/C=C(/Cc2ccc(F)cc2)N2CCCC2)n1. The van der Waals surface area contributed by atoms with Gasteiger partial charge in [-0.3, -0.25) is 10.1 Å². The Kier molecular flexibility index (Phi) is 5.46. The van der Waals surface area contributed by atoms with Crippen molar-refractivity contribution in [3.05, 3.63) is 68.1 Å². The van der Waals surface area contributed by atoms with Crippen molar-refractivity contribution in [3.63, 3.8) is 0 Å². The Morgan fingerprint density at radius 3 is 2.58 bits per heavy atom. The topological polar surface area (TPSA) is 72.2 Å². The molecular weight excluding hydrogens is 359 g/mol. The molecule has 0 amide bonds. The van der Waals surface area contributed by atoms with Gasteiger partial charge < -0.3 is 4.90 Å². The second kappa shape index (κ2) is 7.78. The van der Waals surface area contributed by atoms with E-state index < -0.39 is 4.92 Å². The van der Waals surface area contributed by atoms with Crippen LogP contribution in [-0.4, -0.2) is 32.9 Å². The van der Waals surface area contributed by atoms with Gasteiger partial charge in [0.15, 0.2) is 0 Å². The molecule has 3 rings (SSSR count). The first-order valence-corrected chi connectivity index (χ1v) is 8.70. The van der Waals surface area contributed by atoms with E-state index in [1.54, 1.807) is 25.1 Å². The fourth-order valence-electron chi connectivity index (χ4n) is 3.05. The summed E-state index contributed by atoms with van der Waals surface area (Å²) in [6.45, 7) is 3.39. The molecule has 1 fully saturated rings. The Balaban J connectivity index is 2.04. The van der Waals surface area contributed by atoms with Crippen LogP contribution in [0.15, 0.2) is 30.0 Å². The third-order valence-corrected chi connectivity index (χ3v) is 4.54. The van der Waals surface area contributed by atoms with E-state index in [-0.39, 0.29) is 22.4 Å². The number of nitrogens with zero attached hydrogens (tertiary/aromatic N) is 4. The molecule has 0 radical (unpaired) electrons. The van der Waals surface area contributed by atoms with Gasteiger partial charge in [0.1, 0.15) is 17.3 Å². The van der Waals surface area contributed by atoms with E-state index in [1.807, 2.05) is 0 Å². The third kappa shape index (κ3) is 4.16. The molecule has 26 heavy (non-hydrogen) atoms. The third-order valence-electron chi connectivity index (χ3n) is 4.28. The lowest BCUT2D eigenvalue weighted by atomic mass is 10.1. The van der Waals surface area contributed by atoms with Gasteiger partial charge in [0.25, 0.3) is 0 Å². The summed E-state index contributed by atoms with van der Waals surface area (Å²) >= 11 is 5.97. The Morgan fingerprint density at radius 2 is 1.96 bits per heavy atom. The first-order chi connectivity index (χ1) is 12.4. The number of rotatable bonds is 5. The summed E-state index contributed by atoms with van der Waals surface area (Å²) < 4.78 is 13.2. The summed E-state index contributed by atoms with van der Waals surface area (Å²) in [5, 5.41) is 11.2. The molecule has 0 unspecified atom stereocenters. The van der Waals surface area contributed by atoms with Crippen LogP contribution >= 0.6 is 11.6 Å². The molecule has 0 spiro atoms. The van der Waals surface area contributed by atoms with Gasteiger partial charge in [-0.2, -0.15) is 0 Å². The number of allylic oxidation sites excluding steroid dienone is 1. The van der Waals surface area contributed by atoms with Gasteiger partial charge in [0.05, 0.1) is 4.92 Å². The molecule has 6 nitrogen and oxygen atoms in total. The summed E-state index contributed by atoms with van der Waals surface area (Å²) in [6, 6.07) is 6.24. The highest BCUT2D eigenvalue weighted by Gasteiger charge is 2.23. The predicted octanol–water partition coefficient (Wildman–Crippen LogP) is 4.17.